The van der Waals surface area contributed by atoms with E-state index >= 15 is 0 Å². The second-order valence-electron chi connectivity index (χ2n) is 5.59. The Labute approximate surface area is 164 Å². The maximum Gasteiger partial charge on any atom is 0.196 e. The number of para-hydroxylation sites is 1. The maximum absolute atomic E-state index is 4.45. The van der Waals surface area contributed by atoms with Crippen LogP contribution in [0.5, 0.6) is 0 Å². The highest BCUT2D eigenvalue weighted by atomic mass is 79.9. The van der Waals surface area contributed by atoms with Crippen LogP contribution in [0.1, 0.15) is 5.56 Å². The minimum absolute atomic E-state index is 0.808. The van der Waals surface area contributed by atoms with E-state index in [0.29, 0.717) is 0 Å². The first kappa shape index (κ1) is 17.0. The van der Waals surface area contributed by atoms with Crippen molar-refractivity contribution in [3.05, 3.63) is 89.2 Å². The molecule has 0 saturated carbocycles. The predicted molar refractivity (Wildman–Crippen MR) is 108 cm³/mol. The van der Waals surface area contributed by atoms with Crippen LogP contribution in [-0.4, -0.2) is 19.7 Å². The van der Waals surface area contributed by atoms with E-state index < -0.39 is 0 Å². The quantitative estimate of drug-likeness (QED) is 0.404. The van der Waals surface area contributed by atoms with E-state index in [1.807, 2.05) is 42.5 Å². The molecule has 4 nitrogen and oxygen atoms in total. The van der Waals surface area contributed by atoms with Crippen molar-refractivity contribution in [2.24, 2.45) is 0 Å². The van der Waals surface area contributed by atoms with Gasteiger partial charge in [0.25, 0.3) is 0 Å². The summed E-state index contributed by atoms with van der Waals surface area (Å²) in [6.07, 6.45) is 3.54. The molecular formula is C20H15BrN4S. The molecule has 0 aliphatic carbocycles. The lowest BCUT2D eigenvalue weighted by Crippen LogP contribution is -1.99. The van der Waals surface area contributed by atoms with Gasteiger partial charge < -0.3 is 0 Å². The van der Waals surface area contributed by atoms with E-state index in [4.69, 9.17) is 0 Å². The molecule has 6 heteroatoms. The molecule has 0 aliphatic rings. The summed E-state index contributed by atoms with van der Waals surface area (Å²) in [6.45, 7) is 0. The average Bonchev–Trinajstić information content (AvgIpc) is 3.13. The van der Waals surface area contributed by atoms with E-state index in [-0.39, 0.29) is 0 Å². The predicted octanol–water partition coefficient (Wildman–Crippen LogP) is 5.38. The summed E-state index contributed by atoms with van der Waals surface area (Å²) in [5.74, 6) is 1.62. The normalized spacial score (nSPS) is 10.8. The Bertz CT molecular complexity index is 1000. The lowest BCUT2D eigenvalue weighted by molar-refractivity contribution is 0.886. The highest BCUT2D eigenvalue weighted by Crippen LogP contribution is 2.31. The van der Waals surface area contributed by atoms with Gasteiger partial charge in [0.1, 0.15) is 0 Å². The first-order chi connectivity index (χ1) is 12.8. The summed E-state index contributed by atoms with van der Waals surface area (Å²) < 4.78 is 3.20. The van der Waals surface area contributed by atoms with Crippen molar-refractivity contribution in [1.82, 2.24) is 19.7 Å². The third-order valence-electron chi connectivity index (χ3n) is 3.90. The van der Waals surface area contributed by atoms with Gasteiger partial charge in [-0.3, -0.25) is 9.55 Å². The molecule has 0 radical (unpaired) electrons. The lowest BCUT2D eigenvalue weighted by Gasteiger charge is -2.10. The fraction of sp³-hybridized carbons (Fsp3) is 0.0500. The largest absolute Gasteiger partial charge is 0.270 e. The summed E-state index contributed by atoms with van der Waals surface area (Å²) in [6, 6.07) is 22.3. The number of aromatic nitrogens is 4. The number of halogens is 1. The zero-order chi connectivity index (χ0) is 17.8. The van der Waals surface area contributed by atoms with Crippen LogP contribution in [-0.2, 0) is 5.75 Å². The molecule has 2 heterocycles. The molecule has 0 aliphatic heterocycles. The fourth-order valence-corrected chi connectivity index (χ4v) is 4.19. The molecule has 0 fully saturated rings. The minimum Gasteiger partial charge on any atom is -0.270 e. The molecule has 4 rings (SSSR count). The summed E-state index contributed by atoms with van der Waals surface area (Å²) in [4.78, 5) is 4.10. The molecule has 4 aromatic rings. The number of hydrogen-bond donors (Lipinski definition) is 0. The molecule has 0 amide bonds. The van der Waals surface area contributed by atoms with Crippen LogP contribution in [0, 0.1) is 0 Å². The van der Waals surface area contributed by atoms with Crippen molar-refractivity contribution in [3.63, 3.8) is 0 Å². The van der Waals surface area contributed by atoms with Crippen molar-refractivity contribution in [3.8, 4) is 17.1 Å². The van der Waals surface area contributed by atoms with Crippen molar-refractivity contribution >= 4 is 27.7 Å². The van der Waals surface area contributed by atoms with Gasteiger partial charge in [0.2, 0.25) is 0 Å². The van der Waals surface area contributed by atoms with Gasteiger partial charge in [-0.1, -0.05) is 64.1 Å². The Morgan fingerprint density at radius 3 is 2.35 bits per heavy atom. The zero-order valence-corrected chi connectivity index (χ0v) is 16.2. The maximum atomic E-state index is 4.45. The van der Waals surface area contributed by atoms with E-state index in [1.54, 1.807) is 24.2 Å². The lowest BCUT2D eigenvalue weighted by atomic mass is 10.2. The number of hydrogen-bond acceptors (Lipinski definition) is 4. The fourth-order valence-electron chi connectivity index (χ4n) is 2.62. The Kier molecular flexibility index (Phi) is 5.13. The summed E-state index contributed by atoms with van der Waals surface area (Å²) in [7, 11) is 0. The van der Waals surface area contributed by atoms with Gasteiger partial charge in [-0.05, 0) is 35.9 Å². The van der Waals surface area contributed by atoms with Crippen LogP contribution in [0.15, 0.2) is 88.8 Å². The number of thioether (sulfide) groups is 1. The molecular weight excluding hydrogens is 408 g/mol. The Balaban J connectivity index is 1.73. The topological polar surface area (TPSA) is 43.6 Å². The Morgan fingerprint density at radius 1 is 0.846 bits per heavy atom. The van der Waals surface area contributed by atoms with E-state index in [1.165, 1.54) is 5.56 Å². The molecule has 0 unspecified atom stereocenters. The van der Waals surface area contributed by atoms with E-state index in [9.17, 15) is 0 Å². The minimum atomic E-state index is 0.808. The molecule has 0 saturated heterocycles. The van der Waals surface area contributed by atoms with Gasteiger partial charge in [-0.25, -0.2) is 0 Å². The second-order valence-corrected chi connectivity index (χ2v) is 7.39. The van der Waals surface area contributed by atoms with Gasteiger partial charge in [0.15, 0.2) is 11.0 Å². The Hall–Kier alpha value is -2.44. The SMILES string of the molecule is Brc1ccccc1CSc1nnc(-c2ccncc2)n1-c1ccccc1. The van der Waals surface area contributed by atoms with E-state index in [0.717, 1.165) is 32.5 Å². The van der Waals surface area contributed by atoms with Crippen molar-refractivity contribution in [1.29, 1.82) is 0 Å². The number of rotatable bonds is 5. The summed E-state index contributed by atoms with van der Waals surface area (Å²) in [5, 5.41) is 9.76. The standard InChI is InChI=1S/C20H15BrN4S/c21-18-9-5-4-6-16(18)14-26-20-24-23-19(15-10-12-22-13-11-15)25(20)17-7-2-1-3-8-17/h1-13H,14H2. The molecule has 2 aromatic heterocycles. The smallest absolute Gasteiger partial charge is 0.196 e. The zero-order valence-electron chi connectivity index (χ0n) is 13.8. The van der Waals surface area contributed by atoms with Crippen LogP contribution >= 0.6 is 27.7 Å². The molecule has 0 spiro atoms. The summed E-state index contributed by atoms with van der Waals surface area (Å²) >= 11 is 5.28. The van der Waals surface area contributed by atoms with Crippen LogP contribution in [0.2, 0.25) is 0 Å². The van der Waals surface area contributed by atoms with Crippen LogP contribution in [0.25, 0.3) is 17.1 Å². The van der Waals surface area contributed by atoms with E-state index in [2.05, 4.69) is 59.9 Å². The third-order valence-corrected chi connectivity index (χ3v) is 5.65. The number of pyridine rings is 1. The average molecular weight is 423 g/mol. The molecule has 0 atom stereocenters. The molecule has 0 bridgehead atoms. The monoisotopic (exact) mass is 422 g/mol. The number of benzene rings is 2. The van der Waals surface area contributed by atoms with Crippen molar-refractivity contribution in [2.45, 2.75) is 10.9 Å². The Morgan fingerprint density at radius 2 is 1.58 bits per heavy atom. The molecule has 2 aromatic carbocycles. The van der Waals surface area contributed by atoms with Crippen molar-refractivity contribution in [2.75, 3.05) is 0 Å². The molecule has 26 heavy (non-hydrogen) atoms. The summed E-state index contributed by atoms with van der Waals surface area (Å²) in [5.41, 5.74) is 3.26. The highest BCUT2D eigenvalue weighted by molar-refractivity contribution is 9.10. The van der Waals surface area contributed by atoms with Crippen LogP contribution in [0.4, 0.5) is 0 Å². The van der Waals surface area contributed by atoms with Gasteiger partial charge in [0, 0.05) is 33.9 Å². The second kappa shape index (κ2) is 7.85. The molecule has 0 N–H and O–H groups in total. The first-order valence-electron chi connectivity index (χ1n) is 8.10. The van der Waals surface area contributed by atoms with Crippen LogP contribution < -0.4 is 0 Å². The van der Waals surface area contributed by atoms with Gasteiger partial charge in [-0.2, -0.15) is 0 Å². The third kappa shape index (κ3) is 3.57. The first-order valence-corrected chi connectivity index (χ1v) is 9.88. The van der Waals surface area contributed by atoms with Crippen molar-refractivity contribution < 1.29 is 0 Å². The molecule has 128 valence electrons. The van der Waals surface area contributed by atoms with Gasteiger partial charge in [-0.15, -0.1) is 10.2 Å². The number of nitrogens with zero attached hydrogens (tertiary/aromatic N) is 4. The van der Waals surface area contributed by atoms with Gasteiger partial charge >= 0.3 is 0 Å². The highest BCUT2D eigenvalue weighted by Gasteiger charge is 2.16. The van der Waals surface area contributed by atoms with Gasteiger partial charge in [0.05, 0.1) is 0 Å². The van der Waals surface area contributed by atoms with Crippen LogP contribution in [0.3, 0.4) is 0 Å².